The number of aromatic nitrogens is 4. The number of nitrogens with zero attached hydrogens (tertiary/aromatic N) is 4. The van der Waals surface area contributed by atoms with E-state index in [2.05, 4.69) is 15.1 Å². The molecule has 0 spiro atoms. The van der Waals surface area contributed by atoms with Gasteiger partial charge in [0.15, 0.2) is 15.7 Å². The minimum Gasteiger partial charge on any atom is -0.394 e. The van der Waals surface area contributed by atoms with E-state index >= 15 is 0 Å². The molecule has 2 aromatic heterocycles. The molecule has 0 aliphatic heterocycles. The van der Waals surface area contributed by atoms with Gasteiger partial charge in [-0.15, -0.1) is 0 Å². The van der Waals surface area contributed by atoms with Crippen molar-refractivity contribution < 1.29 is 8.42 Å². The molecule has 16 heavy (non-hydrogen) atoms. The number of hydrogen-bond acceptors (Lipinski definition) is 6. The van der Waals surface area contributed by atoms with E-state index in [1.54, 1.807) is 0 Å². The van der Waals surface area contributed by atoms with Gasteiger partial charge in [0, 0.05) is 6.26 Å². The molecule has 0 saturated carbocycles. The molecule has 0 unspecified atom stereocenters. The van der Waals surface area contributed by atoms with Crippen LogP contribution in [0.25, 0.3) is 5.82 Å². The highest BCUT2D eigenvalue weighted by Crippen LogP contribution is 2.14. The van der Waals surface area contributed by atoms with Crippen molar-refractivity contribution in [1.29, 1.82) is 0 Å². The Hall–Kier alpha value is -1.96. The standard InChI is InChI=1S/C8H9N5O2S/c1-16(14,15)6-2-12-13(4-6)8-7(9)3-10-5-11-8/h2-5H,9H2,1H3. The molecule has 0 atom stereocenters. The van der Waals surface area contributed by atoms with E-state index in [0.29, 0.717) is 11.5 Å². The van der Waals surface area contributed by atoms with Gasteiger partial charge in [0.1, 0.15) is 11.2 Å². The Bertz CT molecular complexity index is 619. The van der Waals surface area contributed by atoms with Crippen molar-refractivity contribution in [2.45, 2.75) is 4.90 Å². The van der Waals surface area contributed by atoms with E-state index in [-0.39, 0.29) is 4.90 Å². The monoisotopic (exact) mass is 239 g/mol. The number of nitrogens with two attached hydrogens (primary N) is 1. The van der Waals surface area contributed by atoms with Crippen LogP contribution in [0.4, 0.5) is 5.69 Å². The molecule has 0 radical (unpaired) electrons. The molecule has 2 aromatic rings. The molecule has 8 heteroatoms. The molecule has 0 aromatic carbocycles. The first kappa shape index (κ1) is 10.6. The maximum atomic E-state index is 11.2. The van der Waals surface area contributed by atoms with Crippen molar-refractivity contribution in [3.8, 4) is 5.82 Å². The second-order valence-corrected chi connectivity index (χ2v) is 5.21. The van der Waals surface area contributed by atoms with E-state index in [1.165, 1.54) is 29.6 Å². The van der Waals surface area contributed by atoms with Crippen LogP contribution in [-0.4, -0.2) is 34.4 Å². The number of sulfone groups is 1. The van der Waals surface area contributed by atoms with Crippen LogP contribution in [0.3, 0.4) is 0 Å². The Labute approximate surface area is 91.9 Å². The zero-order valence-corrected chi connectivity index (χ0v) is 9.22. The molecule has 2 heterocycles. The summed E-state index contributed by atoms with van der Waals surface area (Å²) in [5.41, 5.74) is 5.96. The van der Waals surface area contributed by atoms with E-state index < -0.39 is 9.84 Å². The lowest BCUT2D eigenvalue weighted by molar-refractivity contribution is 0.602. The molecular weight excluding hydrogens is 230 g/mol. The lowest BCUT2D eigenvalue weighted by Crippen LogP contribution is -2.03. The third kappa shape index (κ3) is 1.87. The number of rotatable bonds is 2. The van der Waals surface area contributed by atoms with Crippen molar-refractivity contribution in [3.63, 3.8) is 0 Å². The van der Waals surface area contributed by atoms with Crippen LogP contribution in [0.1, 0.15) is 0 Å². The van der Waals surface area contributed by atoms with Gasteiger partial charge in [0.25, 0.3) is 0 Å². The Morgan fingerprint density at radius 1 is 1.38 bits per heavy atom. The van der Waals surface area contributed by atoms with Crippen molar-refractivity contribution in [2.24, 2.45) is 0 Å². The molecule has 2 N–H and O–H groups in total. The lowest BCUT2D eigenvalue weighted by Gasteiger charge is -2.01. The third-order valence-corrected chi connectivity index (χ3v) is 2.99. The molecule has 0 aliphatic rings. The highest BCUT2D eigenvalue weighted by molar-refractivity contribution is 7.90. The van der Waals surface area contributed by atoms with Gasteiger partial charge in [-0.3, -0.25) is 0 Å². The first-order chi connectivity index (χ1) is 7.48. The first-order valence-corrected chi connectivity index (χ1v) is 6.18. The maximum absolute atomic E-state index is 11.2. The van der Waals surface area contributed by atoms with Gasteiger partial charge in [0.2, 0.25) is 0 Å². The number of nitrogen functional groups attached to an aromatic ring is 1. The molecule has 2 rings (SSSR count). The topological polar surface area (TPSA) is 104 Å². The molecule has 0 fully saturated rings. The Morgan fingerprint density at radius 2 is 2.12 bits per heavy atom. The SMILES string of the molecule is CS(=O)(=O)c1cnn(-c2ncncc2N)c1. The van der Waals surface area contributed by atoms with E-state index in [0.717, 1.165) is 6.26 Å². The van der Waals surface area contributed by atoms with Crippen LogP contribution in [-0.2, 0) is 9.84 Å². The van der Waals surface area contributed by atoms with Gasteiger partial charge in [-0.05, 0) is 0 Å². The molecule has 0 saturated heterocycles. The minimum absolute atomic E-state index is 0.116. The van der Waals surface area contributed by atoms with Crippen LogP contribution >= 0.6 is 0 Å². The zero-order valence-electron chi connectivity index (χ0n) is 8.40. The fraction of sp³-hybridized carbons (Fsp3) is 0.125. The molecule has 0 aliphatic carbocycles. The van der Waals surface area contributed by atoms with Crippen LogP contribution < -0.4 is 5.73 Å². The van der Waals surface area contributed by atoms with Crippen molar-refractivity contribution >= 4 is 15.5 Å². The summed E-state index contributed by atoms with van der Waals surface area (Å²) in [6.45, 7) is 0. The van der Waals surface area contributed by atoms with Gasteiger partial charge in [-0.25, -0.2) is 23.1 Å². The predicted octanol–water partition coefficient (Wildman–Crippen LogP) is -0.352. The summed E-state index contributed by atoms with van der Waals surface area (Å²) in [7, 11) is -3.27. The average molecular weight is 239 g/mol. The van der Waals surface area contributed by atoms with E-state index in [1.807, 2.05) is 0 Å². The average Bonchev–Trinajstić information content (AvgIpc) is 2.66. The number of hydrogen-bond donors (Lipinski definition) is 1. The molecule has 84 valence electrons. The van der Waals surface area contributed by atoms with Gasteiger partial charge in [-0.2, -0.15) is 5.10 Å². The largest absolute Gasteiger partial charge is 0.394 e. The van der Waals surface area contributed by atoms with Gasteiger partial charge < -0.3 is 5.73 Å². The van der Waals surface area contributed by atoms with E-state index in [9.17, 15) is 8.42 Å². The van der Waals surface area contributed by atoms with Crippen molar-refractivity contribution in [3.05, 3.63) is 24.9 Å². The van der Waals surface area contributed by atoms with Gasteiger partial charge in [0.05, 0.1) is 24.3 Å². The van der Waals surface area contributed by atoms with Gasteiger partial charge >= 0.3 is 0 Å². The van der Waals surface area contributed by atoms with Gasteiger partial charge in [-0.1, -0.05) is 0 Å². The highest BCUT2D eigenvalue weighted by Gasteiger charge is 2.12. The number of anilines is 1. The molecule has 0 bridgehead atoms. The summed E-state index contributed by atoms with van der Waals surface area (Å²) in [6.07, 6.45) is 6.44. The zero-order chi connectivity index (χ0) is 11.8. The summed E-state index contributed by atoms with van der Waals surface area (Å²) >= 11 is 0. The normalized spacial score (nSPS) is 11.6. The fourth-order valence-electron chi connectivity index (χ4n) is 1.14. The highest BCUT2D eigenvalue weighted by atomic mass is 32.2. The second kappa shape index (κ2) is 3.56. The van der Waals surface area contributed by atoms with Crippen LogP contribution in [0.15, 0.2) is 29.8 Å². The third-order valence-electron chi connectivity index (χ3n) is 1.92. The lowest BCUT2D eigenvalue weighted by atomic mass is 10.5. The minimum atomic E-state index is -3.27. The van der Waals surface area contributed by atoms with Crippen LogP contribution in [0.5, 0.6) is 0 Å². The van der Waals surface area contributed by atoms with Crippen LogP contribution in [0, 0.1) is 0 Å². The van der Waals surface area contributed by atoms with Crippen LogP contribution in [0.2, 0.25) is 0 Å². The Balaban J connectivity index is 2.52. The summed E-state index contributed by atoms with van der Waals surface area (Å²) in [4.78, 5) is 7.76. The summed E-state index contributed by atoms with van der Waals surface area (Å²) < 4.78 is 23.8. The maximum Gasteiger partial charge on any atom is 0.179 e. The molecule has 7 nitrogen and oxygen atoms in total. The summed E-state index contributed by atoms with van der Waals surface area (Å²) in [5, 5.41) is 3.88. The summed E-state index contributed by atoms with van der Waals surface area (Å²) in [6, 6.07) is 0. The fourth-order valence-corrected chi connectivity index (χ4v) is 1.67. The Kier molecular flexibility index (Phi) is 2.35. The first-order valence-electron chi connectivity index (χ1n) is 4.29. The molecule has 0 amide bonds. The Morgan fingerprint density at radius 3 is 2.69 bits per heavy atom. The predicted molar refractivity (Wildman–Crippen MR) is 56.7 cm³/mol. The quantitative estimate of drug-likeness (QED) is 0.768. The smallest absolute Gasteiger partial charge is 0.179 e. The van der Waals surface area contributed by atoms with Crippen molar-refractivity contribution in [1.82, 2.24) is 19.7 Å². The molecular formula is C8H9N5O2S. The second-order valence-electron chi connectivity index (χ2n) is 3.19. The van der Waals surface area contributed by atoms with E-state index in [4.69, 9.17) is 5.73 Å². The summed E-state index contributed by atoms with van der Waals surface area (Å²) in [5.74, 6) is 0.352. The van der Waals surface area contributed by atoms with Crippen molar-refractivity contribution in [2.75, 3.05) is 12.0 Å².